The molecule has 1 N–H and O–H groups in total. The smallest absolute Gasteiger partial charge is 0.332 e. The van der Waals surface area contributed by atoms with E-state index in [1.165, 1.54) is 0 Å². The van der Waals surface area contributed by atoms with Gasteiger partial charge in [-0.3, -0.25) is 0 Å². The largest absolute Gasteiger partial charge is 0.479 e. The van der Waals surface area contributed by atoms with E-state index in [0.29, 0.717) is 6.61 Å². The van der Waals surface area contributed by atoms with Gasteiger partial charge in [-0.2, -0.15) is 0 Å². The predicted molar refractivity (Wildman–Crippen MR) is 88.4 cm³/mol. The van der Waals surface area contributed by atoms with Crippen molar-refractivity contribution in [2.45, 2.75) is 52.1 Å². The first kappa shape index (κ1) is 19.4. The molecule has 0 aliphatic rings. The minimum absolute atomic E-state index is 0.446. The van der Waals surface area contributed by atoms with Gasteiger partial charge < -0.3 is 9.84 Å². The highest BCUT2D eigenvalue weighted by Gasteiger charge is 2.09. The molecule has 0 aliphatic heterocycles. The first-order valence-corrected chi connectivity index (χ1v) is 7.62. The van der Waals surface area contributed by atoms with Crippen LogP contribution in [0.1, 0.15) is 46.0 Å². The van der Waals surface area contributed by atoms with Gasteiger partial charge in [0.15, 0.2) is 6.10 Å². The third-order valence-corrected chi connectivity index (χ3v) is 2.72. The van der Waals surface area contributed by atoms with Gasteiger partial charge in [0, 0.05) is 0 Å². The Labute approximate surface area is 128 Å². The Bertz CT molecular complexity index is 365. The molecule has 0 aromatic rings. The molecule has 118 valence electrons. The van der Waals surface area contributed by atoms with Gasteiger partial charge in [-0.15, -0.1) is 0 Å². The van der Waals surface area contributed by atoms with Gasteiger partial charge in [0.1, 0.15) is 0 Å². The molecule has 0 aromatic carbocycles. The molecule has 0 rings (SSSR count). The maximum atomic E-state index is 10.5. The van der Waals surface area contributed by atoms with E-state index in [-0.39, 0.29) is 0 Å². The molecule has 0 saturated carbocycles. The molecule has 0 spiro atoms. The highest BCUT2D eigenvalue weighted by Crippen LogP contribution is 1.96. The standard InChI is InChI=1S/C18H28O3/c1-3-4-5-6-7-8-9-10-11-12-13-14-15-16-21-17(2)18(19)20/h4-5,7-8,10-11,13-14,17H,3,6,9,12,15-16H2,1-2H3,(H,19,20). The molecule has 3 heteroatoms. The van der Waals surface area contributed by atoms with Crippen molar-refractivity contribution >= 4 is 5.97 Å². The Hall–Kier alpha value is -1.61. The zero-order chi connectivity index (χ0) is 15.8. The van der Waals surface area contributed by atoms with Crippen LogP contribution in [0, 0.1) is 0 Å². The SMILES string of the molecule is CCC=CCC=CCC=CCC=CCCOC(C)C(=O)O. The van der Waals surface area contributed by atoms with Crippen molar-refractivity contribution in [2.24, 2.45) is 0 Å². The van der Waals surface area contributed by atoms with E-state index in [4.69, 9.17) is 9.84 Å². The molecule has 0 bridgehead atoms. The summed E-state index contributed by atoms with van der Waals surface area (Å²) in [5.74, 6) is -0.917. The lowest BCUT2D eigenvalue weighted by Gasteiger charge is -2.05. The van der Waals surface area contributed by atoms with Crippen LogP contribution in [0.3, 0.4) is 0 Å². The van der Waals surface area contributed by atoms with Gasteiger partial charge in [-0.25, -0.2) is 4.79 Å². The summed E-state index contributed by atoms with van der Waals surface area (Å²) in [6, 6.07) is 0. The van der Waals surface area contributed by atoms with Gasteiger partial charge in [-0.05, 0) is 39.0 Å². The van der Waals surface area contributed by atoms with Crippen LogP contribution in [0.4, 0.5) is 0 Å². The first-order chi connectivity index (χ1) is 10.2. The molecule has 0 saturated heterocycles. The third kappa shape index (κ3) is 14.6. The second-order valence-electron chi connectivity index (χ2n) is 4.64. The normalized spacial score (nSPS) is 14.0. The lowest BCUT2D eigenvalue weighted by Crippen LogP contribution is -2.20. The fourth-order valence-corrected chi connectivity index (χ4v) is 1.48. The minimum Gasteiger partial charge on any atom is -0.479 e. The Morgan fingerprint density at radius 1 is 0.952 bits per heavy atom. The Morgan fingerprint density at radius 3 is 1.90 bits per heavy atom. The summed E-state index contributed by atoms with van der Waals surface area (Å²) in [7, 11) is 0. The molecule has 0 aliphatic carbocycles. The summed E-state index contributed by atoms with van der Waals surface area (Å²) < 4.78 is 5.12. The fraction of sp³-hybridized carbons (Fsp3) is 0.500. The van der Waals surface area contributed by atoms with Crippen LogP contribution < -0.4 is 0 Å². The molecule has 0 heterocycles. The molecule has 21 heavy (non-hydrogen) atoms. The third-order valence-electron chi connectivity index (χ3n) is 2.72. The molecule has 1 atom stereocenters. The quantitative estimate of drug-likeness (QED) is 0.420. The molecule has 1 unspecified atom stereocenters. The zero-order valence-electron chi connectivity index (χ0n) is 13.2. The van der Waals surface area contributed by atoms with E-state index >= 15 is 0 Å². The molecular weight excluding hydrogens is 264 g/mol. The highest BCUT2D eigenvalue weighted by molar-refractivity contribution is 5.71. The van der Waals surface area contributed by atoms with Crippen molar-refractivity contribution in [3.63, 3.8) is 0 Å². The Kier molecular flexibility index (Phi) is 13.7. The number of hydrogen-bond donors (Lipinski definition) is 1. The summed E-state index contributed by atoms with van der Waals surface area (Å²) in [5, 5.41) is 8.62. The van der Waals surface area contributed by atoms with Gasteiger partial charge in [-0.1, -0.05) is 55.5 Å². The second kappa shape index (κ2) is 14.8. The van der Waals surface area contributed by atoms with Crippen LogP contribution >= 0.6 is 0 Å². The maximum Gasteiger partial charge on any atom is 0.332 e. The molecule has 0 aromatic heterocycles. The summed E-state index contributed by atoms with van der Waals surface area (Å²) in [4.78, 5) is 10.5. The van der Waals surface area contributed by atoms with Gasteiger partial charge >= 0.3 is 5.97 Å². The number of ether oxygens (including phenoxy) is 1. The van der Waals surface area contributed by atoms with Crippen molar-refractivity contribution in [1.82, 2.24) is 0 Å². The van der Waals surface area contributed by atoms with Crippen molar-refractivity contribution in [1.29, 1.82) is 0 Å². The van der Waals surface area contributed by atoms with Crippen LogP contribution in [0.2, 0.25) is 0 Å². The lowest BCUT2D eigenvalue weighted by molar-refractivity contribution is -0.149. The molecule has 0 radical (unpaired) electrons. The topological polar surface area (TPSA) is 46.5 Å². The monoisotopic (exact) mass is 292 g/mol. The van der Waals surface area contributed by atoms with Crippen LogP contribution in [-0.4, -0.2) is 23.8 Å². The molecular formula is C18H28O3. The minimum atomic E-state index is -0.917. The van der Waals surface area contributed by atoms with Crippen molar-refractivity contribution < 1.29 is 14.6 Å². The number of allylic oxidation sites excluding steroid dienone is 7. The average Bonchev–Trinajstić information content (AvgIpc) is 2.47. The summed E-state index contributed by atoms with van der Waals surface area (Å²) in [5.41, 5.74) is 0. The predicted octanol–water partition coefficient (Wildman–Crippen LogP) is 4.67. The summed E-state index contributed by atoms with van der Waals surface area (Å²) in [6.07, 6.45) is 21.0. The number of carbonyl (C=O) groups is 1. The van der Waals surface area contributed by atoms with Crippen molar-refractivity contribution in [3.8, 4) is 0 Å². The second-order valence-corrected chi connectivity index (χ2v) is 4.64. The molecule has 3 nitrogen and oxygen atoms in total. The van der Waals surface area contributed by atoms with Crippen molar-refractivity contribution in [3.05, 3.63) is 48.6 Å². The van der Waals surface area contributed by atoms with Gasteiger partial charge in [0.2, 0.25) is 0 Å². The van der Waals surface area contributed by atoms with Crippen LogP contribution in [0.15, 0.2) is 48.6 Å². The number of carboxylic acids is 1. The van der Waals surface area contributed by atoms with E-state index in [2.05, 4.69) is 49.5 Å². The summed E-state index contributed by atoms with van der Waals surface area (Å²) >= 11 is 0. The lowest BCUT2D eigenvalue weighted by atomic mass is 10.2. The van der Waals surface area contributed by atoms with Crippen molar-refractivity contribution in [2.75, 3.05) is 6.61 Å². The van der Waals surface area contributed by atoms with Crippen LogP contribution in [-0.2, 0) is 9.53 Å². The Balaban J connectivity index is 3.48. The van der Waals surface area contributed by atoms with Gasteiger partial charge in [0.25, 0.3) is 0 Å². The van der Waals surface area contributed by atoms with Gasteiger partial charge in [0.05, 0.1) is 6.61 Å². The van der Waals surface area contributed by atoms with E-state index in [0.717, 1.165) is 32.1 Å². The van der Waals surface area contributed by atoms with E-state index in [9.17, 15) is 4.79 Å². The molecule has 0 fully saturated rings. The van der Waals surface area contributed by atoms with Crippen LogP contribution in [0.25, 0.3) is 0 Å². The first-order valence-electron chi connectivity index (χ1n) is 7.62. The number of aliphatic carboxylic acids is 1. The number of hydrogen-bond acceptors (Lipinski definition) is 2. The van der Waals surface area contributed by atoms with E-state index in [1.54, 1.807) is 6.92 Å². The fourth-order valence-electron chi connectivity index (χ4n) is 1.48. The van der Waals surface area contributed by atoms with E-state index in [1.807, 2.05) is 6.08 Å². The molecule has 0 amide bonds. The maximum absolute atomic E-state index is 10.5. The highest BCUT2D eigenvalue weighted by atomic mass is 16.5. The number of carboxylic acid groups (broad SMARTS) is 1. The van der Waals surface area contributed by atoms with E-state index < -0.39 is 12.1 Å². The number of rotatable bonds is 12. The average molecular weight is 292 g/mol. The summed E-state index contributed by atoms with van der Waals surface area (Å²) in [6.45, 7) is 4.12. The van der Waals surface area contributed by atoms with Crippen LogP contribution in [0.5, 0.6) is 0 Å². The zero-order valence-corrected chi connectivity index (χ0v) is 13.2. The Morgan fingerprint density at radius 2 is 1.43 bits per heavy atom.